The molecule has 0 bridgehead atoms. The lowest BCUT2D eigenvalue weighted by atomic mass is 10.2. The second kappa shape index (κ2) is 7.39. The van der Waals surface area contributed by atoms with Crippen LogP contribution in [0.5, 0.6) is 11.6 Å². The lowest BCUT2D eigenvalue weighted by Gasteiger charge is -2.11. The first-order valence-electron chi connectivity index (χ1n) is 8.66. The van der Waals surface area contributed by atoms with E-state index in [1.165, 1.54) is 29.1 Å². The number of hydrogen-bond acceptors (Lipinski definition) is 5. The third kappa shape index (κ3) is 4.02. The number of halogens is 3. The number of aromatic nitrogens is 3. The van der Waals surface area contributed by atoms with Crippen molar-refractivity contribution < 1.29 is 22.7 Å². The van der Waals surface area contributed by atoms with E-state index in [4.69, 9.17) is 10.5 Å². The zero-order chi connectivity index (χ0) is 21.3. The standard InChI is InChI=1S/C20H14F3N5O2/c21-20(22,23)13-2-1-3-14(11-13)26-19(29)28-9-7-12-10-15(4-5-16(12)28)30-17-6-8-25-18(24)27-17/h1-11H,(H,26,29)(H2,24,25,27). The van der Waals surface area contributed by atoms with Gasteiger partial charge in [0.2, 0.25) is 11.8 Å². The van der Waals surface area contributed by atoms with Gasteiger partial charge in [0.05, 0.1) is 11.1 Å². The molecule has 0 spiro atoms. The largest absolute Gasteiger partial charge is 0.439 e. The van der Waals surface area contributed by atoms with Gasteiger partial charge in [-0.2, -0.15) is 18.2 Å². The van der Waals surface area contributed by atoms with E-state index in [9.17, 15) is 18.0 Å². The first kappa shape index (κ1) is 19.2. The Morgan fingerprint density at radius 1 is 1.10 bits per heavy atom. The lowest BCUT2D eigenvalue weighted by Crippen LogP contribution is -2.18. The normalized spacial score (nSPS) is 11.4. The molecule has 0 unspecified atom stereocenters. The molecule has 1 amide bonds. The zero-order valence-corrected chi connectivity index (χ0v) is 15.2. The van der Waals surface area contributed by atoms with Crippen molar-refractivity contribution in [3.63, 3.8) is 0 Å². The average molecular weight is 413 g/mol. The highest BCUT2D eigenvalue weighted by atomic mass is 19.4. The highest BCUT2D eigenvalue weighted by Gasteiger charge is 2.30. The fraction of sp³-hybridized carbons (Fsp3) is 0.0500. The molecule has 0 fully saturated rings. The molecule has 4 rings (SSSR count). The summed E-state index contributed by atoms with van der Waals surface area (Å²) in [7, 11) is 0. The number of benzene rings is 2. The third-order valence-corrected chi connectivity index (χ3v) is 4.19. The van der Waals surface area contributed by atoms with E-state index in [-0.39, 0.29) is 17.5 Å². The van der Waals surface area contributed by atoms with Crippen LogP contribution < -0.4 is 15.8 Å². The number of nitrogens with zero attached hydrogens (tertiary/aromatic N) is 3. The summed E-state index contributed by atoms with van der Waals surface area (Å²) in [5, 5.41) is 3.16. The van der Waals surface area contributed by atoms with Crippen molar-refractivity contribution in [1.29, 1.82) is 0 Å². The van der Waals surface area contributed by atoms with Crippen molar-refractivity contribution in [3.05, 3.63) is 72.6 Å². The Kier molecular flexibility index (Phi) is 4.74. The number of rotatable bonds is 3. The van der Waals surface area contributed by atoms with Gasteiger partial charge in [0.15, 0.2) is 0 Å². The number of anilines is 2. The molecule has 7 nitrogen and oxygen atoms in total. The molecule has 0 aliphatic heterocycles. The quantitative estimate of drug-likeness (QED) is 0.498. The zero-order valence-electron chi connectivity index (χ0n) is 15.2. The van der Waals surface area contributed by atoms with E-state index in [0.717, 1.165) is 12.1 Å². The van der Waals surface area contributed by atoms with Crippen LogP contribution >= 0.6 is 0 Å². The fourth-order valence-electron chi connectivity index (χ4n) is 2.85. The van der Waals surface area contributed by atoms with Gasteiger partial charge in [0, 0.05) is 29.5 Å². The monoisotopic (exact) mass is 413 g/mol. The molecule has 0 aliphatic rings. The number of fused-ring (bicyclic) bond motifs is 1. The summed E-state index contributed by atoms with van der Waals surface area (Å²) in [5.74, 6) is 0.811. The number of nitrogens with one attached hydrogen (secondary N) is 1. The van der Waals surface area contributed by atoms with E-state index in [1.54, 1.807) is 30.3 Å². The molecule has 4 aromatic rings. The number of nitrogens with two attached hydrogens (primary N) is 1. The summed E-state index contributed by atoms with van der Waals surface area (Å²) in [6.07, 6.45) is -1.52. The van der Waals surface area contributed by atoms with Crippen LogP contribution in [-0.2, 0) is 6.18 Å². The van der Waals surface area contributed by atoms with Gasteiger partial charge in [0.25, 0.3) is 0 Å². The summed E-state index contributed by atoms with van der Waals surface area (Å²) < 4.78 is 45.5. The van der Waals surface area contributed by atoms with Crippen molar-refractivity contribution in [3.8, 4) is 11.6 Å². The summed E-state index contributed by atoms with van der Waals surface area (Å²) in [6, 6.07) is 12.1. The SMILES string of the molecule is Nc1nccc(Oc2ccc3c(ccn3C(=O)Nc3cccc(C(F)(F)F)c3)c2)n1. The smallest absolute Gasteiger partial charge is 0.416 e. The molecular weight excluding hydrogens is 399 g/mol. The van der Waals surface area contributed by atoms with Gasteiger partial charge in [-0.3, -0.25) is 4.57 Å². The van der Waals surface area contributed by atoms with E-state index in [2.05, 4.69) is 15.3 Å². The van der Waals surface area contributed by atoms with Crippen LogP contribution in [-0.4, -0.2) is 20.6 Å². The molecule has 0 radical (unpaired) electrons. The molecule has 2 heterocycles. The maximum atomic E-state index is 12.9. The molecule has 0 atom stereocenters. The summed E-state index contributed by atoms with van der Waals surface area (Å²) >= 11 is 0. The Morgan fingerprint density at radius 2 is 1.93 bits per heavy atom. The summed E-state index contributed by atoms with van der Waals surface area (Å²) in [6.45, 7) is 0. The van der Waals surface area contributed by atoms with Crippen LogP contribution in [0.4, 0.5) is 29.6 Å². The molecule has 2 aromatic heterocycles. The van der Waals surface area contributed by atoms with Crippen LogP contribution in [0, 0.1) is 0 Å². The third-order valence-electron chi connectivity index (χ3n) is 4.19. The Balaban J connectivity index is 1.55. The fourth-order valence-corrected chi connectivity index (χ4v) is 2.85. The van der Waals surface area contributed by atoms with Crippen molar-refractivity contribution in [2.75, 3.05) is 11.1 Å². The van der Waals surface area contributed by atoms with Gasteiger partial charge in [-0.05, 0) is 42.5 Å². The number of nitrogen functional groups attached to an aromatic ring is 1. The number of hydrogen-bond donors (Lipinski definition) is 2. The lowest BCUT2D eigenvalue weighted by molar-refractivity contribution is -0.137. The minimum atomic E-state index is -4.49. The predicted molar refractivity (Wildman–Crippen MR) is 104 cm³/mol. The minimum absolute atomic E-state index is 0.0398. The number of carbonyl (C=O) groups is 1. The predicted octanol–water partition coefficient (Wildman–Crippen LogP) is 4.90. The Hall–Kier alpha value is -4.08. The first-order chi connectivity index (χ1) is 14.3. The van der Waals surface area contributed by atoms with Crippen molar-refractivity contribution >= 4 is 28.6 Å². The van der Waals surface area contributed by atoms with Gasteiger partial charge in [0.1, 0.15) is 5.75 Å². The molecule has 0 saturated heterocycles. The van der Waals surface area contributed by atoms with Crippen LogP contribution in [0.15, 0.2) is 67.0 Å². The average Bonchev–Trinajstić information content (AvgIpc) is 3.11. The van der Waals surface area contributed by atoms with Crippen molar-refractivity contribution in [2.45, 2.75) is 6.18 Å². The van der Waals surface area contributed by atoms with Gasteiger partial charge < -0.3 is 15.8 Å². The summed E-state index contributed by atoms with van der Waals surface area (Å²) in [4.78, 5) is 20.3. The molecule has 0 saturated carbocycles. The van der Waals surface area contributed by atoms with Crippen LogP contribution in [0.3, 0.4) is 0 Å². The molecule has 2 aromatic carbocycles. The van der Waals surface area contributed by atoms with E-state index in [1.807, 2.05) is 0 Å². The summed E-state index contributed by atoms with van der Waals surface area (Å²) in [5.41, 5.74) is 5.27. The molecule has 10 heteroatoms. The van der Waals surface area contributed by atoms with E-state index < -0.39 is 17.8 Å². The number of amides is 1. The second-order valence-electron chi connectivity index (χ2n) is 6.27. The Bertz CT molecular complexity index is 1240. The van der Waals surface area contributed by atoms with Crippen molar-refractivity contribution in [1.82, 2.24) is 14.5 Å². The molecular formula is C20H14F3N5O2. The topological polar surface area (TPSA) is 95.1 Å². The minimum Gasteiger partial charge on any atom is -0.439 e. The molecule has 3 N–H and O–H groups in total. The van der Waals surface area contributed by atoms with Gasteiger partial charge >= 0.3 is 12.2 Å². The van der Waals surface area contributed by atoms with E-state index in [0.29, 0.717) is 16.7 Å². The maximum Gasteiger partial charge on any atom is 0.416 e. The van der Waals surface area contributed by atoms with Crippen LogP contribution in [0.1, 0.15) is 5.56 Å². The number of ether oxygens (including phenoxy) is 1. The highest BCUT2D eigenvalue weighted by Crippen LogP contribution is 2.31. The second-order valence-corrected chi connectivity index (χ2v) is 6.27. The van der Waals surface area contributed by atoms with Crippen LogP contribution in [0.2, 0.25) is 0 Å². The Labute approximate surface area is 167 Å². The first-order valence-corrected chi connectivity index (χ1v) is 8.66. The Morgan fingerprint density at radius 3 is 2.70 bits per heavy atom. The number of carbonyl (C=O) groups excluding carboxylic acids is 1. The van der Waals surface area contributed by atoms with Gasteiger partial charge in [-0.1, -0.05) is 6.07 Å². The van der Waals surface area contributed by atoms with Crippen LogP contribution in [0.25, 0.3) is 10.9 Å². The molecule has 30 heavy (non-hydrogen) atoms. The van der Waals surface area contributed by atoms with Crippen molar-refractivity contribution in [2.24, 2.45) is 0 Å². The number of alkyl halides is 3. The highest BCUT2D eigenvalue weighted by molar-refractivity contribution is 5.98. The van der Waals surface area contributed by atoms with E-state index >= 15 is 0 Å². The molecule has 0 aliphatic carbocycles. The maximum absolute atomic E-state index is 12.9. The van der Waals surface area contributed by atoms with Gasteiger partial charge in [-0.15, -0.1) is 0 Å². The molecule has 152 valence electrons. The van der Waals surface area contributed by atoms with Gasteiger partial charge in [-0.25, -0.2) is 9.78 Å².